The predicted octanol–water partition coefficient (Wildman–Crippen LogP) is 2.59. The smallest absolute Gasteiger partial charge is 0.123 e. The molecule has 0 saturated heterocycles. The standard InChI is InChI=1S/C9H10F/c1-2-3-8-4-6-9(10)7-5-8/h2,4-7H,3H2,1H3. The van der Waals surface area contributed by atoms with E-state index in [0.29, 0.717) is 0 Å². The van der Waals surface area contributed by atoms with Crippen LogP contribution in [-0.4, -0.2) is 0 Å². The van der Waals surface area contributed by atoms with E-state index in [1.807, 2.05) is 13.3 Å². The van der Waals surface area contributed by atoms with Crippen LogP contribution in [0.5, 0.6) is 0 Å². The van der Waals surface area contributed by atoms with Gasteiger partial charge in [0, 0.05) is 0 Å². The molecule has 0 heterocycles. The van der Waals surface area contributed by atoms with Gasteiger partial charge in [-0.2, -0.15) is 0 Å². The Bertz CT molecular complexity index is 188. The summed E-state index contributed by atoms with van der Waals surface area (Å²) in [6, 6.07) is 6.57. The van der Waals surface area contributed by atoms with E-state index >= 15 is 0 Å². The summed E-state index contributed by atoms with van der Waals surface area (Å²) < 4.78 is 12.3. The molecule has 0 atom stereocenters. The van der Waals surface area contributed by atoms with Crippen LogP contribution < -0.4 is 0 Å². The normalized spacial score (nSPS) is 9.80. The first-order chi connectivity index (χ1) is 4.83. The van der Waals surface area contributed by atoms with Gasteiger partial charge in [-0.15, -0.1) is 0 Å². The van der Waals surface area contributed by atoms with E-state index in [9.17, 15) is 4.39 Å². The lowest BCUT2D eigenvalue weighted by Crippen LogP contribution is -1.82. The molecule has 0 nitrogen and oxygen atoms in total. The highest BCUT2D eigenvalue weighted by atomic mass is 19.1. The average Bonchev–Trinajstić information content (AvgIpc) is 1.95. The van der Waals surface area contributed by atoms with Crippen molar-refractivity contribution in [2.75, 3.05) is 0 Å². The third kappa shape index (κ3) is 1.83. The summed E-state index contributed by atoms with van der Waals surface area (Å²) in [5, 5.41) is 0. The van der Waals surface area contributed by atoms with Crippen molar-refractivity contribution in [3.63, 3.8) is 0 Å². The van der Waals surface area contributed by atoms with Crippen LogP contribution in [0.1, 0.15) is 12.5 Å². The van der Waals surface area contributed by atoms with E-state index in [4.69, 9.17) is 0 Å². The molecule has 0 aliphatic carbocycles. The summed E-state index contributed by atoms with van der Waals surface area (Å²) in [5.74, 6) is -0.167. The van der Waals surface area contributed by atoms with Crippen molar-refractivity contribution in [1.29, 1.82) is 0 Å². The minimum absolute atomic E-state index is 0.167. The first kappa shape index (κ1) is 7.26. The Morgan fingerprint density at radius 2 is 1.90 bits per heavy atom. The molecule has 1 radical (unpaired) electrons. The molecule has 0 amide bonds. The molecule has 0 N–H and O–H groups in total. The predicted molar refractivity (Wildman–Crippen MR) is 40.1 cm³/mol. The largest absolute Gasteiger partial charge is 0.207 e. The minimum atomic E-state index is -0.167. The van der Waals surface area contributed by atoms with Crippen LogP contribution in [0.15, 0.2) is 24.3 Å². The monoisotopic (exact) mass is 137 g/mol. The van der Waals surface area contributed by atoms with E-state index in [2.05, 4.69) is 0 Å². The molecular weight excluding hydrogens is 127 g/mol. The maximum absolute atomic E-state index is 12.3. The molecule has 0 saturated carbocycles. The lowest BCUT2D eigenvalue weighted by molar-refractivity contribution is 0.627. The molecular formula is C9H10F. The summed E-state index contributed by atoms with van der Waals surface area (Å²) in [4.78, 5) is 0. The van der Waals surface area contributed by atoms with Gasteiger partial charge in [0.25, 0.3) is 0 Å². The molecule has 0 aliphatic heterocycles. The van der Waals surface area contributed by atoms with Gasteiger partial charge in [-0.05, 0) is 30.5 Å². The Labute approximate surface area is 60.7 Å². The molecule has 1 aromatic rings. The topological polar surface area (TPSA) is 0 Å². The van der Waals surface area contributed by atoms with Crippen molar-refractivity contribution < 1.29 is 4.39 Å². The van der Waals surface area contributed by atoms with Crippen molar-refractivity contribution >= 4 is 0 Å². The maximum atomic E-state index is 12.3. The number of hydrogen-bond acceptors (Lipinski definition) is 0. The van der Waals surface area contributed by atoms with Crippen LogP contribution in [-0.2, 0) is 6.42 Å². The molecule has 0 spiro atoms. The van der Waals surface area contributed by atoms with Crippen LogP contribution in [0, 0.1) is 12.2 Å². The summed E-state index contributed by atoms with van der Waals surface area (Å²) in [6.45, 7) is 1.99. The Morgan fingerprint density at radius 1 is 1.30 bits per heavy atom. The first-order valence-electron chi connectivity index (χ1n) is 3.35. The zero-order chi connectivity index (χ0) is 7.40. The second kappa shape index (κ2) is 3.35. The van der Waals surface area contributed by atoms with Gasteiger partial charge in [-0.25, -0.2) is 4.39 Å². The van der Waals surface area contributed by atoms with Gasteiger partial charge in [0.1, 0.15) is 5.82 Å². The maximum Gasteiger partial charge on any atom is 0.123 e. The molecule has 53 valence electrons. The Morgan fingerprint density at radius 3 is 2.40 bits per heavy atom. The SMILES string of the molecule is C[CH]Cc1ccc(F)cc1. The zero-order valence-corrected chi connectivity index (χ0v) is 5.97. The molecule has 1 heteroatoms. The van der Waals surface area contributed by atoms with Crippen LogP contribution in [0.3, 0.4) is 0 Å². The van der Waals surface area contributed by atoms with Crippen molar-refractivity contribution in [1.82, 2.24) is 0 Å². The first-order valence-corrected chi connectivity index (χ1v) is 3.35. The van der Waals surface area contributed by atoms with E-state index in [0.717, 1.165) is 12.0 Å². The second-order valence-corrected chi connectivity index (χ2v) is 2.24. The van der Waals surface area contributed by atoms with Crippen LogP contribution in [0.4, 0.5) is 4.39 Å². The lowest BCUT2D eigenvalue weighted by Gasteiger charge is -1.95. The number of halogens is 1. The van der Waals surface area contributed by atoms with Crippen LogP contribution >= 0.6 is 0 Å². The van der Waals surface area contributed by atoms with Gasteiger partial charge < -0.3 is 0 Å². The van der Waals surface area contributed by atoms with Crippen molar-refractivity contribution in [3.05, 3.63) is 42.1 Å². The zero-order valence-electron chi connectivity index (χ0n) is 5.97. The number of rotatable bonds is 2. The Hall–Kier alpha value is -0.850. The minimum Gasteiger partial charge on any atom is -0.207 e. The van der Waals surface area contributed by atoms with E-state index in [-0.39, 0.29) is 5.82 Å². The van der Waals surface area contributed by atoms with Gasteiger partial charge in [0.2, 0.25) is 0 Å². The Balaban J connectivity index is 2.69. The van der Waals surface area contributed by atoms with Crippen molar-refractivity contribution in [2.24, 2.45) is 0 Å². The molecule has 10 heavy (non-hydrogen) atoms. The summed E-state index contributed by atoms with van der Waals surface area (Å²) in [5.41, 5.74) is 1.16. The second-order valence-electron chi connectivity index (χ2n) is 2.24. The lowest BCUT2D eigenvalue weighted by atomic mass is 10.1. The fourth-order valence-electron chi connectivity index (χ4n) is 0.856. The molecule has 0 bridgehead atoms. The van der Waals surface area contributed by atoms with Crippen LogP contribution in [0.25, 0.3) is 0 Å². The van der Waals surface area contributed by atoms with E-state index < -0.39 is 0 Å². The molecule has 0 aromatic heterocycles. The average molecular weight is 137 g/mol. The van der Waals surface area contributed by atoms with Gasteiger partial charge in [-0.3, -0.25) is 0 Å². The number of benzene rings is 1. The van der Waals surface area contributed by atoms with Gasteiger partial charge in [0.05, 0.1) is 0 Å². The highest BCUT2D eigenvalue weighted by Gasteiger charge is 1.90. The molecule has 0 fully saturated rings. The van der Waals surface area contributed by atoms with Gasteiger partial charge in [0.15, 0.2) is 0 Å². The van der Waals surface area contributed by atoms with Crippen LogP contribution in [0.2, 0.25) is 0 Å². The van der Waals surface area contributed by atoms with Gasteiger partial charge >= 0.3 is 0 Å². The molecule has 1 rings (SSSR count). The van der Waals surface area contributed by atoms with E-state index in [1.165, 1.54) is 12.1 Å². The number of hydrogen-bond donors (Lipinski definition) is 0. The fourth-order valence-corrected chi connectivity index (χ4v) is 0.856. The molecule has 0 aliphatic rings. The van der Waals surface area contributed by atoms with Gasteiger partial charge in [-0.1, -0.05) is 19.1 Å². The van der Waals surface area contributed by atoms with Crippen molar-refractivity contribution in [2.45, 2.75) is 13.3 Å². The Kier molecular flexibility index (Phi) is 2.43. The summed E-state index contributed by atoms with van der Waals surface area (Å²) in [7, 11) is 0. The molecule has 1 aromatic carbocycles. The summed E-state index contributed by atoms with van der Waals surface area (Å²) in [6.07, 6.45) is 2.97. The quantitative estimate of drug-likeness (QED) is 0.587. The van der Waals surface area contributed by atoms with E-state index in [1.54, 1.807) is 12.1 Å². The highest BCUT2D eigenvalue weighted by molar-refractivity contribution is 5.17. The highest BCUT2D eigenvalue weighted by Crippen LogP contribution is 2.03. The third-order valence-electron chi connectivity index (χ3n) is 1.35. The third-order valence-corrected chi connectivity index (χ3v) is 1.35. The fraction of sp³-hybridized carbons (Fsp3) is 0.222. The van der Waals surface area contributed by atoms with Crippen molar-refractivity contribution in [3.8, 4) is 0 Å². The summed E-state index contributed by atoms with van der Waals surface area (Å²) >= 11 is 0. The molecule has 0 unspecified atom stereocenters.